The second kappa shape index (κ2) is 6.72. The summed E-state index contributed by atoms with van der Waals surface area (Å²) in [5, 5.41) is 0. The van der Waals surface area contributed by atoms with Crippen molar-refractivity contribution in [1.29, 1.82) is 0 Å². The summed E-state index contributed by atoms with van der Waals surface area (Å²) in [7, 11) is -3.43. The number of hydrogen-bond donors (Lipinski definition) is 1. The Morgan fingerprint density at radius 2 is 2.00 bits per heavy atom. The number of rotatable bonds is 4. The molecule has 1 fully saturated rings. The average Bonchev–Trinajstić information content (AvgIpc) is 3.02. The molecule has 2 N–H and O–H groups in total. The fraction of sp³-hybridized carbons (Fsp3) is 0.632. The Bertz CT molecular complexity index is 771. The van der Waals surface area contributed by atoms with Crippen molar-refractivity contribution >= 4 is 15.7 Å². The van der Waals surface area contributed by atoms with Crippen molar-refractivity contribution in [2.75, 3.05) is 18.8 Å². The number of carbonyl (C=O) groups excluding carboxylic acids is 1. The molecule has 138 valence electrons. The summed E-state index contributed by atoms with van der Waals surface area (Å²) in [6.45, 7) is 5.31. The van der Waals surface area contributed by atoms with Gasteiger partial charge in [0.1, 0.15) is 0 Å². The number of sulfone groups is 1. The molecule has 1 aliphatic heterocycles. The molecule has 0 saturated carbocycles. The third-order valence-corrected chi connectivity index (χ3v) is 7.39. The number of amides is 1. The van der Waals surface area contributed by atoms with E-state index in [1.165, 1.54) is 5.56 Å². The van der Waals surface area contributed by atoms with Gasteiger partial charge in [0.05, 0.1) is 10.6 Å². The van der Waals surface area contributed by atoms with E-state index in [1.54, 1.807) is 17.0 Å². The Morgan fingerprint density at radius 1 is 1.28 bits per heavy atom. The summed E-state index contributed by atoms with van der Waals surface area (Å²) in [5.41, 5.74) is 8.36. The maximum Gasteiger partial charge on any atom is 0.223 e. The van der Waals surface area contributed by atoms with Crippen LogP contribution in [0.5, 0.6) is 0 Å². The van der Waals surface area contributed by atoms with Crippen LogP contribution in [0.4, 0.5) is 0 Å². The number of piperidine rings is 1. The van der Waals surface area contributed by atoms with Gasteiger partial charge in [-0.05, 0) is 54.4 Å². The van der Waals surface area contributed by atoms with E-state index in [4.69, 9.17) is 5.73 Å². The molecule has 25 heavy (non-hydrogen) atoms. The first-order valence-corrected chi connectivity index (χ1v) is 10.7. The minimum Gasteiger partial charge on any atom is -0.342 e. The summed E-state index contributed by atoms with van der Waals surface area (Å²) in [6.07, 6.45) is 3.85. The fourth-order valence-electron chi connectivity index (χ4n) is 3.83. The molecule has 5 nitrogen and oxygen atoms in total. The van der Waals surface area contributed by atoms with Crippen LogP contribution in [0.15, 0.2) is 23.1 Å². The number of carbonyl (C=O) groups is 1. The number of benzene rings is 1. The Kier molecular flexibility index (Phi) is 4.95. The lowest BCUT2D eigenvalue weighted by Crippen LogP contribution is -2.54. The summed E-state index contributed by atoms with van der Waals surface area (Å²) in [4.78, 5) is 14.6. The van der Waals surface area contributed by atoms with Crippen molar-refractivity contribution in [3.63, 3.8) is 0 Å². The number of nitrogens with zero attached hydrogens (tertiary/aromatic N) is 1. The van der Waals surface area contributed by atoms with Gasteiger partial charge in [0.25, 0.3) is 0 Å². The van der Waals surface area contributed by atoms with Crippen molar-refractivity contribution in [3.8, 4) is 0 Å². The molecule has 1 aromatic rings. The second-order valence-corrected chi connectivity index (χ2v) is 10.2. The Morgan fingerprint density at radius 3 is 2.72 bits per heavy atom. The first-order chi connectivity index (χ1) is 11.7. The van der Waals surface area contributed by atoms with Gasteiger partial charge < -0.3 is 10.6 Å². The van der Waals surface area contributed by atoms with Crippen LogP contribution in [-0.4, -0.2) is 44.1 Å². The van der Waals surface area contributed by atoms with E-state index in [1.807, 2.05) is 6.07 Å². The van der Waals surface area contributed by atoms with Crippen molar-refractivity contribution < 1.29 is 13.2 Å². The van der Waals surface area contributed by atoms with Crippen molar-refractivity contribution in [3.05, 3.63) is 29.3 Å². The average molecular weight is 365 g/mol. The van der Waals surface area contributed by atoms with Gasteiger partial charge in [-0.15, -0.1) is 0 Å². The van der Waals surface area contributed by atoms with Gasteiger partial charge in [-0.3, -0.25) is 4.79 Å². The van der Waals surface area contributed by atoms with Crippen LogP contribution in [0.3, 0.4) is 0 Å². The van der Waals surface area contributed by atoms with Crippen LogP contribution in [0.1, 0.15) is 44.2 Å². The van der Waals surface area contributed by atoms with Gasteiger partial charge >= 0.3 is 0 Å². The minimum absolute atomic E-state index is 0.0325. The van der Waals surface area contributed by atoms with E-state index in [-0.39, 0.29) is 29.5 Å². The molecule has 1 aromatic carbocycles. The molecule has 1 atom stereocenters. The lowest BCUT2D eigenvalue weighted by atomic mass is 9.79. The Labute approximate surface area is 150 Å². The largest absolute Gasteiger partial charge is 0.342 e. The number of fused-ring (bicyclic) bond motifs is 1. The highest BCUT2D eigenvalue weighted by Crippen LogP contribution is 2.28. The Hall–Kier alpha value is -1.40. The number of likely N-dealkylation sites (tertiary alicyclic amines) is 1. The summed E-state index contributed by atoms with van der Waals surface area (Å²) in [6, 6.07) is 5.48. The van der Waals surface area contributed by atoms with E-state index in [9.17, 15) is 13.2 Å². The molecule has 1 amide bonds. The molecule has 0 spiro atoms. The summed E-state index contributed by atoms with van der Waals surface area (Å²) in [5.74, 6) is -0.224. The zero-order valence-electron chi connectivity index (χ0n) is 15.1. The van der Waals surface area contributed by atoms with Crippen LogP contribution < -0.4 is 5.73 Å². The zero-order chi connectivity index (χ0) is 18.2. The normalized spacial score (nSPS) is 22.7. The van der Waals surface area contributed by atoms with E-state index >= 15 is 0 Å². The highest BCUT2D eigenvalue weighted by molar-refractivity contribution is 7.91. The van der Waals surface area contributed by atoms with Crippen LogP contribution in [0, 0.1) is 5.41 Å². The zero-order valence-corrected chi connectivity index (χ0v) is 15.9. The fourth-order valence-corrected chi connectivity index (χ4v) is 5.10. The predicted molar refractivity (Wildman–Crippen MR) is 98.1 cm³/mol. The third-order valence-electron chi connectivity index (χ3n) is 5.68. The van der Waals surface area contributed by atoms with Crippen molar-refractivity contribution in [1.82, 2.24) is 4.90 Å². The number of aryl methyl sites for hydroxylation is 2. The van der Waals surface area contributed by atoms with E-state index < -0.39 is 9.84 Å². The van der Waals surface area contributed by atoms with Gasteiger partial charge in [0, 0.05) is 25.6 Å². The molecule has 6 heteroatoms. The molecule has 1 unspecified atom stereocenters. The maximum absolute atomic E-state index is 12.6. The standard InChI is InChI=1S/C19H28N2O3S/c1-19(2)13-21(10-8-17(19)20)18(22)9-11-25(23,24)16-7-6-14-4-3-5-15(14)12-16/h6-7,12,17H,3-5,8-11,13,20H2,1-2H3. The monoisotopic (exact) mass is 364 g/mol. The molecule has 2 aliphatic rings. The lowest BCUT2D eigenvalue weighted by molar-refractivity contribution is -0.134. The minimum atomic E-state index is -3.43. The van der Waals surface area contributed by atoms with Crippen LogP contribution >= 0.6 is 0 Å². The second-order valence-electron chi connectivity index (χ2n) is 8.05. The molecule has 3 rings (SSSR count). The van der Waals surface area contributed by atoms with Gasteiger partial charge in [0.15, 0.2) is 9.84 Å². The van der Waals surface area contributed by atoms with Gasteiger partial charge in [0.2, 0.25) is 5.91 Å². The molecule has 1 saturated heterocycles. The van der Waals surface area contributed by atoms with Crippen molar-refractivity contribution in [2.24, 2.45) is 11.1 Å². The quantitative estimate of drug-likeness (QED) is 0.885. The third kappa shape index (κ3) is 3.90. The summed E-state index contributed by atoms with van der Waals surface area (Å²) >= 11 is 0. The van der Waals surface area contributed by atoms with Gasteiger partial charge in [-0.2, -0.15) is 0 Å². The first-order valence-electron chi connectivity index (χ1n) is 9.07. The first kappa shape index (κ1) is 18.4. The molecular weight excluding hydrogens is 336 g/mol. The van der Waals surface area contributed by atoms with Crippen LogP contribution in [-0.2, 0) is 27.5 Å². The van der Waals surface area contributed by atoms with Gasteiger partial charge in [-0.25, -0.2) is 8.42 Å². The molecule has 0 bridgehead atoms. The molecular formula is C19H28N2O3S. The molecule has 0 radical (unpaired) electrons. The maximum atomic E-state index is 12.6. The van der Waals surface area contributed by atoms with E-state index in [2.05, 4.69) is 13.8 Å². The SMILES string of the molecule is CC1(C)CN(C(=O)CCS(=O)(=O)c2ccc3c(c2)CCC3)CCC1N. The van der Waals surface area contributed by atoms with Crippen LogP contribution in [0.25, 0.3) is 0 Å². The van der Waals surface area contributed by atoms with E-state index in [0.717, 1.165) is 31.2 Å². The molecule has 0 aromatic heterocycles. The van der Waals surface area contributed by atoms with Crippen molar-refractivity contribution in [2.45, 2.75) is 56.9 Å². The molecule has 1 aliphatic carbocycles. The Balaban J connectivity index is 1.63. The number of hydrogen-bond acceptors (Lipinski definition) is 4. The molecule has 1 heterocycles. The van der Waals surface area contributed by atoms with E-state index in [0.29, 0.717) is 18.0 Å². The topological polar surface area (TPSA) is 80.5 Å². The lowest BCUT2D eigenvalue weighted by Gasteiger charge is -2.42. The van der Waals surface area contributed by atoms with Gasteiger partial charge in [-0.1, -0.05) is 19.9 Å². The summed E-state index contributed by atoms with van der Waals surface area (Å²) < 4.78 is 25.2. The highest BCUT2D eigenvalue weighted by atomic mass is 32.2. The van der Waals surface area contributed by atoms with Crippen LogP contribution in [0.2, 0.25) is 0 Å². The number of nitrogens with two attached hydrogens (primary N) is 1. The highest BCUT2D eigenvalue weighted by Gasteiger charge is 2.35. The predicted octanol–water partition coefficient (Wildman–Crippen LogP) is 1.92. The smallest absolute Gasteiger partial charge is 0.223 e.